The molecule has 10 heavy (non-hydrogen) atoms. The highest BCUT2D eigenvalue weighted by Gasteiger charge is 2.14. The fraction of sp³-hybridized carbons (Fsp3) is 0.750. The van der Waals surface area contributed by atoms with Gasteiger partial charge in [0.2, 0.25) is 0 Å². The summed E-state index contributed by atoms with van der Waals surface area (Å²) in [7, 11) is 1.71. The molecule has 2 N–H and O–H groups in total. The maximum atomic E-state index is 10.5. The highest BCUT2D eigenvalue weighted by molar-refractivity contribution is 8.43. The van der Waals surface area contributed by atoms with E-state index >= 15 is 0 Å². The molecule has 0 atom stereocenters. The van der Waals surface area contributed by atoms with Gasteiger partial charge in [0.25, 0.3) is 0 Å². The summed E-state index contributed by atoms with van der Waals surface area (Å²) < 4.78 is 21.4. The maximum Gasteiger partial charge on any atom is 0.326 e. The molecule has 0 aromatic carbocycles. The average molecular weight is 189 g/mol. The van der Waals surface area contributed by atoms with Crippen LogP contribution in [-0.2, 0) is 9.53 Å². The van der Waals surface area contributed by atoms with Crippen LogP contribution in [-0.4, -0.2) is 27.4 Å². The molecule has 0 heterocycles. The maximum absolute atomic E-state index is 10.5. The first-order valence-corrected chi connectivity index (χ1v) is 5.11. The van der Waals surface area contributed by atoms with Crippen molar-refractivity contribution < 1.29 is 18.6 Å². The molecule has 0 aliphatic heterocycles. The van der Waals surface area contributed by atoms with Crippen LogP contribution in [0.4, 0.5) is 0 Å². The zero-order valence-electron chi connectivity index (χ0n) is 5.41. The summed E-state index contributed by atoms with van der Waals surface area (Å²) in [5.74, 6) is -1.24. The van der Waals surface area contributed by atoms with Crippen LogP contribution in [0.3, 0.4) is 0 Å². The second kappa shape index (κ2) is 4.02. The van der Waals surface area contributed by atoms with E-state index in [0.29, 0.717) is 0 Å². The van der Waals surface area contributed by atoms with Gasteiger partial charge in [-0.15, -0.1) is 9.80 Å². The standard InChI is InChI=1S/C4H9ClO4S/c1-2-9-4(6)3-10(5,7)8/h7-8H,2-3H2,1H3. The normalized spacial score (nSPS) is 12.8. The second-order valence-electron chi connectivity index (χ2n) is 1.54. The van der Waals surface area contributed by atoms with Crippen LogP contribution in [0.2, 0.25) is 0 Å². The summed E-state index contributed by atoms with van der Waals surface area (Å²) in [6.45, 7) is 1.84. The van der Waals surface area contributed by atoms with Gasteiger partial charge in [0.05, 0.1) is 6.61 Å². The van der Waals surface area contributed by atoms with E-state index < -0.39 is 21.5 Å². The molecule has 0 radical (unpaired) electrons. The van der Waals surface area contributed by atoms with Crippen LogP contribution < -0.4 is 0 Å². The van der Waals surface area contributed by atoms with Gasteiger partial charge in [0.15, 0.2) is 5.75 Å². The molecule has 0 aromatic heterocycles. The van der Waals surface area contributed by atoms with E-state index in [-0.39, 0.29) is 6.61 Å². The lowest BCUT2D eigenvalue weighted by molar-refractivity contribution is -0.140. The molecule has 0 saturated carbocycles. The summed E-state index contributed by atoms with van der Waals surface area (Å²) in [5.41, 5.74) is 0. The van der Waals surface area contributed by atoms with Gasteiger partial charge in [0.1, 0.15) is 0 Å². The monoisotopic (exact) mass is 188 g/mol. The Hall–Kier alpha value is 0.0300. The molecule has 0 aromatic rings. The van der Waals surface area contributed by atoms with Crippen LogP contribution in [0.1, 0.15) is 6.92 Å². The number of hydrogen-bond acceptors (Lipinski definition) is 4. The molecule has 0 amide bonds. The Balaban J connectivity index is 3.58. The molecule has 0 aliphatic carbocycles. The van der Waals surface area contributed by atoms with Crippen LogP contribution >= 0.6 is 20.5 Å². The van der Waals surface area contributed by atoms with Crippen molar-refractivity contribution in [1.82, 2.24) is 0 Å². The minimum atomic E-state index is -3.25. The Morgan fingerprint density at radius 3 is 2.50 bits per heavy atom. The van der Waals surface area contributed by atoms with Gasteiger partial charge in [0, 0.05) is 10.7 Å². The van der Waals surface area contributed by atoms with Gasteiger partial charge < -0.3 is 4.74 Å². The lowest BCUT2D eigenvalue weighted by Crippen LogP contribution is -2.12. The van der Waals surface area contributed by atoms with Crippen molar-refractivity contribution in [2.45, 2.75) is 6.92 Å². The zero-order chi connectivity index (χ0) is 8.20. The predicted octanol–water partition coefficient (Wildman–Crippen LogP) is 1.45. The van der Waals surface area contributed by atoms with E-state index in [4.69, 9.17) is 19.8 Å². The molecule has 6 heteroatoms. The number of ether oxygens (including phenoxy) is 1. The van der Waals surface area contributed by atoms with Crippen molar-refractivity contribution >= 4 is 26.5 Å². The molecule has 62 valence electrons. The van der Waals surface area contributed by atoms with Crippen molar-refractivity contribution in [1.29, 1.82) is 0 Å². The van der Waals surface area contributed by atoms with Gasteiger partial charge in [-0.2, -0.15) is 0 Å². The second-order valence-corrected chi connectivity index (χ2v) is 4.48. The van der Waals surface area contributed by atoms with Gasteiger partial charge in [-0.3, -0.25) is 13.9 Å². The van der Waals surface area contributed by atoms with E-state index in [0.717, 1.165) is 0 Å². The zero-order valence-corrected chi connectivity index (χ0v) is 6.98. The fourth-order valence-corrected chi connectivity index (χ4v) is 1.00. The SMILES string of the molecule is CCOC(=O)CS(O)(O)Cl. The average Bonchev–Trinajstić information content (AvgIpc) is 1.59. The van der Waals surface area contributed by atoms with Crippen molar-refractivity contribution in [3.63, 3.8) is 0 Å². The number of halogens is 1. The van der Waals surface area contributed by atoms with Gasteiger partial charge in [-0.25, -0.2) is 0 Å². The van der Waals surface area contributed by atoms with Crippen molar-refractivity contribution in [2.75, 3.05) is 12.4 Å². The molecule has 0 bridgehead atoms. The summed E-state index contributed by atoms with van der Waals surface area (Å²) in [6.07, 6.45) is 0. The quantitative estimate of drug-likeness (QED) is 0.658. The van der Waals surface area contributed by atoms with E-state index in [2.05, 4.69) is 4.74 Å². The largest absolute Gasteiger partial charge is 0.465 e. The Kier molecular flexibility index (Phi) is 4.04. The van der Waals surface area contributed by atoms with E-state index in [1.54, 1.807) is 6.92 Å². The highest BCUT2D eigenvalue weighted by Crippen LogP contribution is 2.43. The van der Waals surface area contributed by atoms with Crippen molar-refractivity contribution in [3.8, 4) is 0 Å². The van der Waals surface area contributed by atoms with E-state index in [1.807, 2.05) is 0 Å². The first-order valence-electron chi connectivity index (χ1n) is 2.57. The number of esters is 1. The van der Waals surface area contributed by atoms with E-state index in [1.165, 1.54) is 0 Å². The molecule has 0 aliphatic rings. The van der Waals surface area contributed by atoms with E-state index in [9.17, 15) is 4.79 Å². The third-order valence-electron chi connectivity index (χ3n) is 0.607. The van der Waals surface area contributed by atoms with Gasteiger partial charge in [-0.05, 0) is 6.92 Å². The number of hydrogen-bond donors (Lipinski definition) is 2. The Bertz CT molecular complexity index is 121. The van der Waals surface area contributed by atoms with Crippen LogP contribution in [0.5, 0.6) is 0 Å². The summed E-state index contributed by atoms with van der Waals surface area (Å²) in [4.78, 5) is 10.5. The first kappa shape index (κ1) is 10.0. The molecule has 0 spiro atoms. The summed E-state index contributed by atoms with van der Waals surface area (Å²) in [5, 5.41) is 0. The van der Waals surface area contributed by atoms with Crippen molar-refractivity contribution in [2.24, 2.45) is 0 Å². The highest BCUT2D eigenvalue weighted by atomic mass is 35.7. The minimum absolute atomic E-state index is 0.214. The minimum Gasteiger partial charge on any atom is -0.465 e. The summed E-state index contributed by atoms with van der Waals surface area (Å²) >= 11 is 0. The van der Waals surface area contributed by atoms with Crippen LogP contribution in [0.25, 0.3) is 0 Å². The van der Waals surface area contributed by atoms with Gasteiger partial charge in [-0.1, -0.05) is 0 Å². The topological polar surface area (TPSA) is 66.8 Å². The third kappa shape index (κ3) is 6.15. The smallest absolute Gasteiger partial charge is 0.326 e. The molecular weight excluding hydrogens is 180 g/mol. The van der Waals surface area contributed by atoms with Gasteiger partial charge >= 0.3 is 5.97 Å². The molecule has 0 rings (SSSR count). The van der Waals surface area contributed by atoms with Crippen LogP contribution in [0, 0.1) is 0 Å². The van der Waals surface area contributed by atoms with Crippen molar-refractivity contribution in [3.05, 3.63) is 0 Å². The predicted molar refractivity (Wildman–Crippen MR) is 40.2 cm³/mol. The first-order chi connectivity index (χ1) is 4.45. The Labute approximate surface area is 65.0 Å². The third-order valence-corrected chi connectivity index (χ3v) is 1.54. The fourth-order valence-electron chi connectivity index (χ4n) is 0.353. The summed E-state index contributed by atoms with van der Waals surface area (Å²) in [6, 6.07) is 0. The molecule has 4 nitrogen and oxygen atoms in total. The molecule has 0 saturated heterocycles. The Morgan fingerprint density at radius 2 is 2.20 bits per heavy atom. The Morgan fingerprint density at radius 1 is 1.70 bits per heavy atom. The number of rotatable bonds is 3. The lowest BCUT2D eigenvalue weighted by atomic mass is 10.8. The number of carbonyl (C=O) groups excluding carboxylic acids is 1. The number of carbonyl (C=O) groups is 1. The molecule has 0 unspecified atom stereocenters. The van der Waals surface area contributed by atoms with Crippen LogP contribution in [0.15, 0.2) is 0 Å². The molecule has 0 fully saturated rings. The lowest BCUT2D eigenvalue weighted by Gasteiger charge is -2.20. The molecular formula is C4H9ClO4S.